The Kier molecular flexibility index (Phi) is 4.17. The molecule has 0 bridgehead atoms. The van der Waals surface area contributed by atoms with Gasteiger partial charge in [0.2, 0.25) is 5.91 Å². The van der Waals surface area contributed by atoms with E-state index in [9.17, 15) is 4.79 Å². The second-order valence-electron chi connectivity index (χ2n) is 5.55. The highest BCUT2D eigenvalue weighted by Gasteiger charge is 2.46. The minimum Gasteiger partial charge on any atom is -0.342 e. The van der Waals surface area contributed by atoms with E-state index in [0.717, 1.165) is 32.1 Å². The van der Waals surface area contributed by atoms with Crippen molar-refractivity contribution in [3.05, 3.63) is 5.82 Å². The smallest absolute Gasteiger partial charge is 0.236 e. The minimum atomic E-state index is -0.566. The highest BCUT2D eigenvalue weighted by Crippen LogP contribution is 2.39. The van der Waals surface area contributed by atoms with Crippen LogP contribution in [-0.2, 0) is 10.2 Å². The van der Waals surface area contributed by atoms with Gasteiger partial charge in [0, 0.05) is 13.1 Å². The molecule has 6 heteroatoms. The number of carbonyl (C=O) groups excluding carboxylic acids is 1. The van der Waals surface area contributed by atoms with Crippen LogP contribution in [0.25, 0.3) is 0 Å². The molecule has 0 spiro atoms. The van der Waals surface area contributed by atoms with Crippen LogP contribution < -0.4 is 0 Å². The van der Waals surface area contributed by atoms with Gasteiger partial charge < -0.3 is 4.90 Å². The maximum absolute atomic E-state index is 12.9. The van der Waals surface area contributed by atoms with Crippen LogP contribution in [0, 0.1) is 0 Å². The van der Waals surface area contributed by atoms with Crippen molar-refractivity contribution in [3.63, 3.8) is 0 Å². The minimum absolute atomic E-state index is 0.142. The first-order valence-electron chi connectivity index (χ1n) is 7.13. The van der Waals surface area contributed by atoms with Gasteiger partial charge in [0.25, 0.3) is 0 Å². The maximum atomic E-state index is 12.9. The zero-order valence-electron chi connectivity index (χ0n) is 12.0. The molecule has 19 heavy (non-hydrogen) atoms. The number of tetrazole rings is 1. The van der Waals surface area contributed by atoms with E-state index in [1.165, 1.54) is 6.42 Å². The number of hydrogen-bond acceptors (Lipinski definition) is 4. The molecule has 1 unspecified atom stereocenters. The van der Waals surface area contributed by atoms with Gasteiger partial charge in [-0.3, -0.25) is 4.79 Å². The molecule has 1 saturated carbocycles. The van der Waals surface area contributed by atoms with Crippen LogP contribution in [0.3, 0.4) is 0 Å². The molecule has 1 aliphatic carbocycles. The summed E-state index contributed by atoms with van der Waals surface area (Å²) in [5.41, 5.74) is -0.566. The molecule has 1 heterocycles. The molecule has 1 amide bonds. The SMILES string of the molecule is CCC(C)N(C)C(=O)C1(c2nn[nH]n2)CCCCC1. The summed E-state index contributed by atoms with van der Waals surface area (Å²) >= 11 is 0. The summed E-state index contributed by atoms with van der Waals surface area (Å²) in [6.45, 7) is 4.17. The fourth-order valence-corrected chi connectivity index (χ4v) is 2.86. The summed E-state index contributed by atoms with van der Waals surface area (Å²) in [6, 6.07) is 0.234. The molecule has 1 aliphatic rings. The van der Waals surface area contributed by atoms with Crippen LogP contribution in [0.1, 0.15) is 58.2 Å². The summed E-state index contributed by atoms with van der Waals surface area (Å²) in [4.78, 5) is 14.8. The molecule has 0 saturated heterocycles. The topological polar surface area (TPSA) is 74.8 Å². The van der Waals surface area contributed by atoms with Crippen molar-refractivity contribution in [2.75, 3.05) is 7.05 Å². The molecule has 1 atom stereocenters. The summed E-state index contributed by atoms with van der Waals surface area (Å²) in [6.07, 6.45) is 5.88. The molecule has 0 aromatic carbocycles. The van der Waals surface area contributed by atoms with E-state index >= 15 is 0 Å². The van der Waals surface area contributed by atoms with Gasteiger partial charge in [0.05, 0.1) is 0 Å². The van der Waals surface area contributed by atoms with Gasteiger partial charge in [-0.15, -0.1) is 10.2 Å². The van der Waals surface area contributed by atoms with Gasteiger partial charge in [0.15, 0.2) is 5.82 Å². The lowest BCUT2D eigenvalue weighted by Crippen LogP contribution is -2.50. The van der Waals surface area contributed by atoms with Gasteiger partial charge in [-0.2, -0.15) is 5.21 Å². The van der Waals surface area contributed by atoms with E-state index in [0.29, 0.717) is 5.82 Å². The molecular weight excluding hydrogens is 242 g/mol. The van der Waals surface area contributed by atoms with E-state index in [1.807, 2.05) is 11.9 Å². The predicted molar refractivity (Wildman–Crippen MR) is 71.5 cm³/mol. The number of amides is 1. The molecule has 1 fully saturated rings. The Morgan fingerprint density at radius 3 is 2.63 bits per heavy atom. The fraction of sp³-hybridized carbons (Fsp3) is 0.846. The normalized spacial score (nSPS) is 19.9. The summed E-state index contributed by atoms with van der Waals surface area (Å²) in [7, 11) is 1.88. The average molecular weight is 265 g/mol. The van der Waals surface area contributed by atoms with Crippen molar-refractivity contribution in [1.82, 2.24) is 25.5 Å². The predicted octanol–water partition coefficient (Wildman–Crippen LogP) is 1.66. The molecule has 106 valence electrons. The molecule has 6 nitrogen and oxygen atoms in total. The first-order chi connectivity index (χ1) is 9.12. The number of aromatic amines is 1. The average Bonchev–Trinajstić information content (AvgIpc) is 3.00. The van der Waals surface area contributed by atoms with E-state index in [4.69, 9.17) is 0 Å². The van der Waals surface area contributed by atoms with E-state index in [2.05, 4.69) is 34.5 Å². The number of aromatic nitrogens is 4. The van der Waals surface area contributed by atoms with Crippen molar-refractivity contribution in [2.45, 2.75) is 63.8 Å². The van der Waals surface area contributed by atoms with Gasteiger partial charge in [-0.25, -0.2) is 0 Å². The second-order valence-corrected chi connectivity index (χ2v) is 5.55. The van der Waals surface area contributed by atoms with Crippen LogP contribution in [0.2, 0.25) is 0 Å². The van der Waals surface area contributed by atoms with Crippen LogP contribution in [0.15, 0.2) is 0 Å². The lowest BCUT2D eigenvalue weighted by molar-refractivity contribution is -0.139. The molecule has 1 aromatic heterocycles. The summed E-state index contributed by atoms with van der Waals surface area (Å²) in [5, 5.41) is 14.3. The lowest BCUT2D eigenvalue weighted by Gasteiger charge is -2.38. The van der Waals surface area contributed by atoms with Crippen LogP contribution in [0.5, 0.6) is 0 Å². The third kappa shape index (κ3) is 2.48. The zero-order valence-corrected chi connectivity index (χ0v) is 12.0. The Labute approximate surface area is 113 Å². The Balaban J connectivity index is 2.30. The second kappa shape index (κ2) is 5.67. The van der Waals surface area contributed by atoms with E-state index in [-0.39, 0.29) is 11.9 Å². The van der Waals surface area contributed by atoms with Gasteiger partial charge in [0.1, 0.15) is 5.41 Å². The molecule has 0 aliphatic heterocycles. The number of H-pyrrole nitrogens is 1. The van der Waals surface area contributed by atoms with Crippen LogP contribution >= 0.6 is 0 Å². The summed E-state index contributed by atoms with van der Waals surface area (Å²) in [5.74, 6) is 0.704. The van der Waals surface area contributed by atoms with Crippen LogP contribution in [-0.4, -0.2) is 44.5 Å². The number of likely N-dealkylation sites (N-methyl/N-ethyl adjacent to an activating group) is 1. The number of hydrogen-bond donors (Lipinski definition) is 1. The zero-order chi connectivity index (χ0) is 13.9. The maximum Gasteiger partial charge on any atom is 0.236 e. The van der Waals surface area contributed by atoms with E-state index in [1.54, 1.807) is 0 Å². The van der Waals surface area contributed by atoms with Crippen molar-refractivity contribution in [2.24, 2.45) is 0 Å². The Bertz CT molecular complexity index is 411. The van der Waals surface area contributed by atoms with Crippen molar-refractivity contribution in [3.8, 4) is 0 Å². The Morgan fingerprint density at radius 1 is 1.42 bits per heavy atom. The largest absolute Gasteiger partial charge is 0.342 e. The Morgan fingerprint density at radius 2 is 2.11 bits per heavy atom. The van der Waals surface area contributed by atoms with Gasteiger partial charge >= 0.3 is 0 Å². The van der Waals surface area contributed by atoms with E-state index < -0.39 is 5.41 Å². The quantitative estimate of drug-likeness (QED) is 0.898. The van der Waals surface area contributed by atoms with Crippen molar-refractivity contribution < 1.29 is 4.79 Å². The van der Waals surface area contributed by atoms with Gasteiger partial charge in [-0.05, 0) is 26.2 Å². The highest BCUT2D eigenvalue weighted by molar-refractivity contribution is 5.87. The lowest BCUT2D eigenvalue weighted by atomic mass is 9.72. The fourth-order valence-electron chi connectivity index (χ4n) is 2.86. The summed E-state index contributed by atoms with van der Waals surface area (Å²) < 4.78 is 0. The number of nitrogens with one attached hydrogen (secondary N) is 1. The monoisotopic (exact) mass is 265 g/mol. The number of nitrogens with zero attached hydrogens (tertiary/aromatic N) is 4. The first kappa shape index (κ1) is 14.0. The van der Waals surface area contributed by atoms with Crippen molar-refractivity contribution in [1.29, 1.82) is 0 Å². The highest BCUT2D eigenvalue weighted by atomic mass is 16.2. The molecule has 0 radical (unpaired) electrons. The molecule has 2 rings (SSSR count). The number of rotatable bonds is 4. The van der Waals surface area contributed by atoms with Gasteiger partial charge in [-0.1, -0.05) is 31.4 Å². The first-order valence-corrected chi connectivity index (χ1v) is 7.13. The molecular formula is C13H23N5O. The van der Waals surface area contributed by atoms with Crippen molar-refractivity contribution >= 4 is 5.91 Å². The molecule has 1 N–H and O–H groups in total. The third-order valence-corrected chi connectivity index (χ3v) is 4.46. The molecule has 1 aromatic rings. The third-order valence-electron chi connectivity index (χ3n) is 4.46. The number of carbonyl (C=O) groups is 1. The van der Waals surface area contributed by atoms with Crippen LogP contribution in [0.4, 0.5) is 0 Å². The standard InChI is InChI=1S/C13H23N5O/c1-4-10(2)18(3)12(19)13(8-6-5-7-9-13)11-14-16-17-15-11/h10H,4-9H2,1-3H3,(H,14,15,16,17). The Hall–Kier alpha value is -1.46.